The molecule has 156 valence electrons. The summed E-state index contributed by atoms with van der Waals surface area (Å²) in [5.41, 5.74) is 6.62. The van der Waals surface area contributed by atoms with E-state index in [1.54, 1.807) is 12.1 Å². The molecule has 1 aliphatic heterocycles. The Kier molecular flexibility index (Phi) is 5.95. The van der Waals surface area contributed by atoms with Crippen molar-refractivity contribution in [3.63, 3.8) is 0 Å². The van der Waals surface area contributed by atoms with Crippen molar-refractivity contribution in [3.8, 4) is 5.75 Å². The number of rotatable bonds is 5. The molecule has 0 aliphatic carbocycles. The Balaban J connectivity index is 1.94. The molecule has 1 amide bonds. The van der Waals surface area contributed by atoms with E-state index in [1.165, 1.54) is 18.7 Å². The topological polar surface area (TPSA) is 112 Å². The highest BCUT2D eigenvalue weighted by atomic mass is 16.5. The number of ether oxygens (including phenoxy) is 1. The number of hydrogen-bond acceptors (Lipinski definition) is 6. The Hall–Kier alpha value is -3.23. The number of carbonyl (C=O) groups excluding carboxylic acids is 1. The third-order valence-electron chi connectivity index (χ3n) is 5.17. The molecule has 1 aliphatic rings. The fourth-order valence-electron chi connectivity index (χ4n) is 3.57. The number of piperidine rings is 1. The lowest BCUT2D eigenvalue weighted by Gasteiger charge is -2.29. The maximum Gasteiger partial charge on any atom is 0.332 e. The largest absolute Gasteiger partial charge is 0.495 e. The van der Waals surface area contributed by atoms with E-state index in [0.717, 1.165) is 29.4 Å². The first-order valence-corrected chi connectivity index (χ1v) is 9.62. The van der Waals surface area contributed by atoms with Crippen LogP contribution in [0, 0.1) is 6.92 Å². The van der Waals surface area contributed by atoms with E-state index in [1.807, 2.05) is 17.9 Å². The highest BCUT2D eigenvalue weighted by molar-refractivity contribution is 5.92. The maximum absolute atomic E-state index is 13.1. The second kappa shape index (κ2) is 8.42. The van der Waals surface area contributed by atoms with Crippen LogP contribution in [-0.4, -0.2) is 35.2 Å². The third kappa shape index (κ3) is 4.13. The molecule has 1 saturated heterocycles. The summed E-state index contributed by atoms with van der Waals surface area (Å²) in [6.45, 7) is 2.87. The molecule has 9 heteroatoms. The Labute approximate surface area is 168 Å². The fraction of sp³-hybridized carbons (Fsp3) is 0.450. The summed E-state index contributed by atoms with van der Waals surface area (Å²) < 4.78 is 7.40. The zero-order valence-electron chi connectivity index (χ0n) is 17.0. The average Bonchev–Trinajstić information content (AvgIpc) is 2.71. The molecule has 9 nitrogen and oxygen atoms in total. The van der Waals surface area contributed by atoms with E-state index in [0.29, 0.717) is 24.5 Å². The summed E-state index contributed by atoms with van der Waals surface area (Å²) >= 11 is 0. The Bertz CT molecular complexity index is 1030. The van der Waals surface area contributed by atoms with Gasteiger partial charge in [-0.15, -0.1) is 0 Å². The van der Waals surface area contributed by atoms with E-state index < -0.39 is 23.7 Å². The molecule has 0 unspecified atom stereocenters. The van der Waals surface area contributed by atoms with Crippen LogP contribution in [-0.2, 0) is 18.4 Å². The van der Waals surface area contributed by atoms with Gasteiger partial charge < -0.3 is 20.7 Å². The van der Waals surface area contributed by atoms with Crippen LogP contribution in [0.4, 0.5) is 17.2 Å². The molecule has 0 bridgehead atoms. The average molecular weight is 401 g/mol. The normalized spacial score (nSPS) is 14.0. The van der Waals surface area contributed by atoms with Crippen molar-refractivity contribution in [1.29, 1.82) is 0 Å². The monoisotopic (exact) mass is 401 g/mol. The van der Waals surface area contributed by atoms with Gasteiger partial charge in [0.2, 0.25) is 5.91 Å². The number of nitrogens with zero attached hydrogens (tertiary/aromatic N) is 3. The van der Waals surface area contributed by atoms with Crippen LogP contribution in [0.5, 0.6) is 5.75 Å². The minimum Gasteiger partial charge on any atom is -0.495 e. The van der Waals surface area contributed by atoms with Gasteiger partial charge in [0.15, 0.2) is 0 Å². The summed E-state index contributed by atoms with van der Waals surface area (Å²) in [6, 6.07) is 5.37. The van der Waals surface area contributed by atoms with Gasteiger partial charge in [-0.1, -0.05) is 6.07 Å². The molecule has 0 atom stereocenters. The Morgan fingerprint density at radius 3 is 2.55 bits per heavy atom. The number of methoxy groups -OCH3 is 1. The number of carbonyl (C=O) groups is 1. The second-order valence-corrected chi connectivity index (χ2v) is 7.27. The van der Waals surface area contributed by atoms with Crippen LogP contribution in [0.15, 0.2) is 27.8 Å². The maximum atomic E-state index is 13.1. The van der Waals surface area contributed by atoms with Gasteiger partial charge in [0, 0.05) is 20.1 Å². The second-order valence-electron chi connectivity index (χ2n) is 7.27. The van der Waals surface area contributed by atoms with Gasteiger partial charge in [0.05, 0.1) is 12.8 Å². The van der Waals surface area contributed by atoms with Gasteiger partial charge in [-0.3, -0.25) is 14.2 Å². The number of aromatic nitrogens is 2. The first-order chi connectivity index (χ1) is 13.8. The number of aryl methyl sites for hydroxylation is 1. The lowest BCUT2D eigenvalue weighted by molar-refractivity contribution is -0.116. The first kappa shape index (κ1) is 20.5. The molecule has 3 N–H and O–H groups in total. The van der Waals surface area contributed by atoms with Crippen LogP contribution in [0.25, 0.3) is 0 Å². The molecule has 2 aromatic rings. The van der Waals surface area contributed by atoms with Crippen molar-refractivity contribution in [3.05, 3.63) is 44.6 Å². The predicted octanol–water partition coefficient (Wildman–Crippen LogP) is 1.08. The molecule has 2 heterocycles. The number of benzene rings is 1. The van der Waals surface area contributed by atoms with Gasteiger partial charge in [-0.05, 0) is 43.9 Å². The molecule has 0 saturated carbocycles. The van der Waals surface area contributed by atoms with Crippen LogP contribution in [0.2, 0.25) is 0 Å². The molecule has 0 radical (unpaired) electrons. The molecule has 3 rings (SSSR count). The number of nitrogens with two attached hydrogens (primary N) is 1. The summed E-state index contributed by atoms with van der Waals surface area (Å²) in [7, 11) is 3.01. The summed E-state index contributed by atoms with van der Waals surface area (Å²) in [6.07, 6.45) is 3.00. The van der Waals surface area contributed by atoms with Crippen molar-refractivity contribution in [1.82, 2.24) is 9.13 Å². The van der Waals surface area contributed by atoms with Gasteiger partial charge >= 0.3 is 5.69 Å². The van der Waals surface area contributed by atoms with Crippen molar-refractivity contribution in [2.45, 2.75) is 32.7 Å². The van der Waals surface area contributed by atoms with E-state index in [2.05, 4.69) is 5.32 Å². The van der Waals surface area contributed by atoms with E-state index in [-0.39, 0.29) is 11.5 Å². The third-order valence-corrected chi connectivity index (χ3v) is 5.17. The van der Waals surface area contributed by atoms with Gasteiger partial charge in [0.1, 0.15) is 23.8 Å². The molecule has 1 fully saturated rings. The van der Waals surface area contributed by atoms with E-state index in [9.17, 15) is 14.4 Å². The quantitative estimate of drug-likeness (QED) is 0.775. The Morgan fingerprint density at radius 2 is 1.90 bits per heavy atom. The minimum atomic E-state index is -0.625. The number of amides is 1. The zero-order chi connectivity index (χ0) is 21.1. The number of nitrogens with one attached hydrogen (secondary N) is 1. The predicted molar refractivity (Wildman–Crippen MR) is 113 cm³/mol. The number of hydrogen-bond donors (Lipinski definition) is 2. The van der Waals surface area contributed by atoms with Crippen molar-refractivity contribution >= 4 is 23.1 Å². The summed E-state index contributed by atoms with van der Waals surface area (Å²) in [5.74, 6) is 0.122. The lowest BCUT2D eigenvalue weighted by atomic mass is 10.1. The SMILES string of the molecule is COc1ccc(C)cc1NC(=O)Cn1c(=O)c(N2CCCCC2)c(N)n(C)c1=O. The molecule has 1 aromatic carbocycles. The van der Waals surface area contributed by atoms with Gasteiger partial charge in [0.25, 0.3) is 5.56 Å². The van der Waals surface area contributed by atoms with Crippen LogP contribution in [0.3, 0.4) is 0 Å². The molecule has 0 spiro atoms. The zero-order valence-corrected chi connectivity index (χ0v) is 17.0. The Morgan fingerprint density at radius 1 is 1.21 bits per heavy atom. The molecular weight excluding hydrogens is 374 g/mol. The lowest BCUT2D eigenvalue weighted by Crippen LogP contribution is -2.46. The van der Waals surface area contributed by atoms with Crippen molar-refractivity contribution in [2.75, 3.05) is 36.1 Å². The molecular formula is C20H27N5O4. The van der Waals surface area contributed by atoms with Crippen molar-refractivity contribution in [2.24, 2.45) is 7.05 Å². The standard InChI is InChI=1S/C20H27N5O4/c1-13-7-8-15(29-3)14(11-13)22-16(26)12-25-19(27)17(18(21)23(2)20(25)28)24-9-5-4-6-10-24/h7-8,11H,4-6,9-10,12,21H2,1-3H3,(H,22,26). The van der Waals surface area contributed by atoms with Crippen LogP contribution >= 0.6 is 0 Å². The minimum absolute atomic E-state index is 0.124. The first-order valence-electron chi connectivity index (χ1n) is 9.62. The fourth-order valence-corrected chi connectivity index (χ4v) is 3.57. The highest BCUT2D eigenvalue weighted by Gasteiger charge is 2.23. The number of anilines is 3. The van der Waals surface area contributed by atoms with Crippen LogP contribution in [0.1, 0.15) is 24.8 Å². The molecule has 1 aromatic heterocycles. The van der Waals surface area contributed by atoms with Gasteiger partial charge in [-0.2, -0.15) is 0 Å². The van der Waals surface area contributed by atoms with E-state index >= 15 is 0 Å². The number of nitrogen functional groups attached to an aromatic ring is 1. The van der Waals surface area contributed by atoms with Gasteiger partial charge in [-0.25, -0.2) is 9.36 Å². The van der Waals surface area contributed by atoms with E-state index in [4.69, 9.17) is 10.5 Å². The van der Waals surface area contributed by atoms with Crippen molar-refractivity contribution < 1.29 is 9.53 Å². The summed E-state index contributed by atoms with van der Waals surface area (Å²) in [5, 5.41) is 2.72. The molecule has 29 heavy (non-hydrogen) atoms. The van der Waals surface area contributed by atoms with Crippen LogP contribution < -0.4 is 31.9 Å². The highest BCUT2D eigenvalue weighted by Crippen LogP contribution is 2.25. The smallest absolute Gasteiger partial charge is 0.332 e. The summed E-state index contributed by atoms with van der Waals surface area (Å²) in [4.78, 5) is 40.2.